The highest BCUT2D eigenvalue weighted by Gasteiger charge is 2.20. The minimum Gasteiger partial charge on any atom is -0.493 e. The number of hydrogen-bond acceptors (Lipinski definition) is 4. The van der Waals surface area contributed by atoms with Crippen LogP contribution in [-0.4, -0.2) is 33.3 Å². The van der Waals surface area contributed by atoms with E-state index in [1.165, 1.54) is 5.56 Å². The van der Waals surface area contributed by atoms with Crippen LogP contribution in [0.15, 0.2) is 78.9 Å². The molecule has 0 saturated heterocycles. The highest BCUT2D eigenvalue weighted by Crippen LogP contribution is 2.27. The zero-order chi connectivity index (χ0) is 22.6. The monoisotopic (exact) mass is 433 g/mol. The average molecular weight is 434 g/mol. The first-order valence-electron chi connectivity index (χ1n) is 10.9. The number of nitrogens with one attached hydrogen (secondary N) is 1. The maximum atomic E-state index is 12.9. The molecule has 1 amide bonds. The summed E-state index contributed by atoms with van der Waals surface area (Å²) in [5.41, 5.74) is 3.19. The minimum absolute atomic E-state index is 0.128. The Kier molecular flexibility index (Phi) is 9.14. The first-order chi connectivity index (χ1) is 15.7. The third-order valence-electron chi connectivity index (χ3n) is 5.24. The molecule has 0 aliphatic heterocycles. The second kappa shape index (κ2) is 12.5. The summed E-state index contributed by atoms with van der Waals surface area (Å²) < 4.78 is 16.7. The van der Waals surface area contributed by atoms with E-state index in [2.05, 4.69) is 17.4 Å². The van der Waals surface area contributed by atoms with Crippen LogP contribution >= 0.6 is 0 Å². The topological polar surface area (TPSA) is 56.8 Å². The number of rotatable bonds is 12. The average Bonchev–Trinajstić information content (AvgIpc) is 2.85. The molecule has 3 aromatic rings. The van der Waals surface area contributed by atoms with E-state index in [9.17, 15) is 4.79 Å². The molecule has 3 rings (SSSR count). The van der Waals surface area contributed by atoms with E-state index in [-0.39, 0.29) is 5.91 Å². The number of hydrogen-bond donors (Lipinski definition) is 1. The van der Waals surface area contributed by atoms with Crippen molar-refractivity contribution in [1.29, 1.82) is 0 Å². The highest BCUT2D eigenvalue weighted by atomic mass is 16.5. The van der Waals surface area contributed by atoms with E-state index in [4.69, 9.17) is 14.2 Å². The zero-order valence-corrected chi connectivity index (χ0v) is 18.8. The maximum Gasteiger partial charge on any atom is 0.253 e. The zero-order valence-electron chi connectivity index (χ0n) is 18.8. The molecule has 1 unspecified atom stereocenters. The summed E-state index contributed by atoms with van der Waals surface area (Å²) in [5, 5.41) is 3.02. The van der Waals surface area contributed by atoms with Crippen molar-refractivity contribution in [2.45, 2.75) is 25.4 Å². The summed E-state index contributed by atoms with van der Waals surface area (Å²) in [5.74, 6) is 1.24. The van der Waals surface area contributed by atoms with Gasteiger partial charge in [-0.1, -0.05) is 66.7 Å². The van der Waals surface area contributed by atoms with E-state index in [0.29, 0.717) is 31.1 Å². The van der Waals surface area contributed by atoms with Crippen molar-refractivity contribution in [3.05, 3.63) is 95.6 Å². The second-order valence-corrected chi connectivity index (χ2v) is 7.48. The van der Waals surface area contributed by atoms with E-state index >= 15 is 0 Å². The van der Waals surface area contributed by atoms with Crippen LogP contribution < -0.4 is 14.8 Å². The fourth-order valence-corrected chi connectivity index (χ4v) is 3.53. The Labute approximate surface area is 190 Å². The van der Waals surface area contributed by atoms with Crippen LogP contribution in [0.5, 0.6) is 11.5 Å². The van der Waals surface area contributed by atoms with Crippen molar-refractivity contribution in [2.75, 3.05) is 27.4 Å². The molecule has 3 aromatic carbocycles. The van der Waals surface area contributed by atoms with Crippen molar-refractivity contribution >= 4 is 5.91 Å². The molecule has 32 heavy (non-hydrogen) atoms. The normalized spacial score (nSPS) is 11.6. The number of carbonyl (C=O) groups is 1. The Hall–Kier alpha value is -3.31. The van der Waals surface area contributed by atoms with Gasteiger partial charge in [-0.15, -0.1) is 0 Å². The molecular formula is C27H31NO4. The van der Waals surface area contributed by atoms with Crippen molar-refractivity contribution in [2.24, 2.45) is 0 Å². The van der Waals surface area contributed by atoms with Gasteiger partial charge in [0.2, 0.25) is 0 Å². The Morgan fingerprint density at radius 2 is 1.50 bits per heavy atom. The molecule has 0 saturated carbocycles. The van der Waals surface area contributed by atoms with Crippen LogP contribution in [0, 0.1) is 0 Å². The first-order valence-corrected chi connectivity index (χ1v) is 10.9. The van der Waals surface area contributed by atoms with Crippen LogP contribution in [0.25, 0.3) is 0 Å². The molecule has 0 radical (unpaired) electrons. The number of amides is 1. The van der Waals surface area contributed by atoms with E-state index < -0.39 is 6.10 Å². The van der Waals surface area contributed by atoms with Crippen LogP contribution in [-0.2, 0) is 22.4 Å². The first kappa shape index (κ1) is 23.4. The van der Waals surface area contributed by atoms with Gasteiger partial charge in [0.1, 0.15) is 0 Å². The third-order valence-corrected chi connectivity index (χ3v) is 5.24. The molecule has 5 heteroatoms. The molecule has 0 aliphatic rings. The van der Waals surface area contributed by atoms with Gasteiger partial charge in [0, 0.05) is 13.2 Å². The largest absolute Gasteiger partial charge is 0.493 e. The molecule has 0 fully saturated rings. The summed E-state index contributed by atoms with van der Waals surface area (Å²) in [6.45, 7) is 1.02. The van der Waals surface area contributed by atoms with Gasteiger partial charge in [0.15, 0.2) is 17.6 Å². The molecule has 168 valence electrons. The van der Waals surface area contributed by atoms with E-state index in [1.54, 1.807) is 14.2 Å². The fraction of sp³-hybridized carbons (Fsp3) is 0.296. The van der Waals surface area contributed by atoms with Crippen LogP contribution in [0.3, 0.4) is 0 Å². The fourth-order valence-electron chi connectivity index (χ4n) is 3.53. The van der Waals surface area contributed by atoms with Crippen LogP contribution in [0.4, 0.5) is 0 Å². The minimum atomic E-state index is -0.627. The van der Waals surface area contributed by atoms with Crippen molar-refractivity contribution in [3.8, 4) is 11.5 Å². The van der Waals surface area contributed by atoms with Gasteiger partial charge in [0.25, 0.3) is 5.91 Å². The lowest BCUT2D eigenvalue weighted by Crippen LogP contribution is -2.32. The predicted molar refractivity (Wildman–Crippen MR) is 126 cm³/mol. The summed E-state index contributed by atoms with van der Waals surface area (Å²) in [6, 6.07) is 25.7. The lowest BCUT2D eigenvalue weighted by atomic mass is 10.1. The molecule has 5 nitrogen and oxygen atoms in total. The maximum absolute atomic E-state index is 12.9. The number of ether oxygens (including phenoxy) is 3. The number of benzene rings is 3. The smallest absolute Gasteiger partial charge is 0.253 e. The number of carbonyl (C=O) groups excluding carboxylic acids is 1. The van der Waals surface area contributed by atoms with E-state index in [1.807, 2.05) is 66.7 Å². The Morgan fingerprint density at radius 1 is 0.812 bits per heavy atom. The Balaban J connectivity index is 1.54. The molecule has 0 heterocycles. The van der Waals surface area contributed by atoms with Gasteiger partial charge >= 0.3 is 0 Å². The van der Waals surface area contributed by atoms with Gasteiger partial charge in [-0.3, -0.25) is 4.79 Å². The van der Waals surface area contributed by atoms with Crippen molar-refractivity contribution in [3.63, 3.8) is 0 Å². The van der Waals surface area contributed by atoms with Gasteiger partial charge in [-0.05, 0) is 48.1 Å². The Morgan fingerprint density at radius 3 is 2.19 bits per heavy atom. The van der Waals surface area contributed by atoms with Gasteiger partial charge in [-0.25, -0.2) is 0 Å². The standard InChI is InChI=1S/C27H31NO4/c1-30-24-16-15-22(20-25(24)31-2)17-18-28-27(29)26(23-13-7-4-8-14-23)32-19-9-12-21-10-5-3-6-11-21/h3-8,10-11,13-16,20,26H,9,12,17-19H2,1-2H3,(H,28,29). The summed E-state index contributed by atoms with van der Waals surface area (Å²) >= 11 is 0. The van der Waals surface area contributed by atoms with Crippen LogP contribution in [0.1, 0.15) is 29.2 Å². The number of methoxy groups -OCH3 is 2. The summed E-state index contributed by atoms with van der Waals surface area (Å²) in [6.07, 6.45) is 1.83. The number of aryl methyl sites for hydroxylation is 1. The third kappa shape index (κ3) is 6.86. The Bertz CT molecular complexity index is 960. The predicted octanol–water partition coefficient (Wildman–Crippen LogP) is 4.75. The molecule has 0 aliphatic carbocycles. The van der Waals surface area contributed by atoms with Crippen molar-refractivity contribution < 1.29 is 19.0 Å². The molecular weight excluding hydrogens is 402 g/mol. The lowest BCUT2D eigenvalue weighted by Gasteiger charge is -2.18. The summed E-state index contributed by atoms with van der Waals surface area (Å²) in [4.78, 5) is 12.9. The molecule has 0 aromatic heterocycles. The van der Waals surface area contributed by atoms with E-state index in [0.717, 1.165) is 24.0 Å². The van der Waals surface area contributed by atoms with Gasteiger partial charge in [-0.2, -0.15) is 0 Å². The lowest BCUT2D eigenvalue weighted by molar-refractivity contribution is -0.133. The summed E-state index contributed by atoms with van der Waals surface area (Å²) in [7, 11) is 3.23. The van der Waals surface area contributed by atoms with Gasteiger partial charge in [0.05, 0.1) is 14.2 Å². The molecule has 0 bridgehead atoms. The second-order valence-electron chi connectivity index (χ2n) is 7.48. The van der Waals surface area contributed by atoms with Crippen molar-refractivity contribution in [1.82, 2.24) is 5.32 Å². The SMILES string of the molecule is COc1ccc(CCNC(=O)C(OCCCc2ccccc2)c2ccccc2)cc1OC. The quantitative estimate of drug-likeness (QED) is 0.419. The van der Waals surface area contributed by atoms with Crippen LogP contribution in [0.2, 0.25) is 0 Å². The molecule has 0 spiro atoms. The van der Waals surface area contributed by atoms with Gasteiger partial charge < -0.3 is 19.5 Å². The molecule has 1 N–H and O–H groups in total. The molecule has 1 atom stereocenters. The highest BCUT2D eigenvalue weighted by molar-refractivity contribution is 5.82.